The van der Waals surface area contributed by atoms with Crippen LogP contribution in [-0.2, 0) is 7.05 Å². The number of hydrogen-bond donors (Lipinski definition) is 3. The van der Waals surface area contributed by atoms with Crippen LogP contribution in [0.4, 0.5) is 5.69 Å². The van der Waals surface area contributed by atoms with Gasteiger partial charge in [-0.05, 0) is 6.92 Å². The molecule has 0 aromatic carbocycles. The number of rotatable bonds is 3. The van der Waals surface area contributed by atoms with Crippen LogP contribution in [0.5, 0.6) is 0 Å². The lowest BCUT2D eigenvalue weighted by atomic mass is 10.4. The maximum absolute atomic E-state index is 8.29. The molecule has 0 spiro atoms. The van der Waals surface area contributed by atoms with Crippen molar-refractivity contribution < 1.29 is 5.21 Å². The Morgan fingerprint density at radius 2 is 2.54 bits per heavy atom. The van der Waals surface area contributed by atoms with Crippen LogP contribution in [-0.4, -0.2) is 27.4 Å². The van der Waals surface area contributed by atoms with Crippen molar-refractivity contribution >= 4 is 11.5 Å². The summed E-state index contributed by atoms with van der Waals surface area (Å²) >= 11 is 0. The molecule has 6 heteroatoms. The second-order valence-corrected chi connectivity index (χ2v) is 2.75. The van der Waals surface area contributed by atoms with Gasteiger partial charge in [0.2, 0.25) is 0 Å². The Morgan fingerprint density at radius 3 is 3.00 bits per heavy atom. The van der Waals surface area contributed by atoms with Crippen molar-refractivity contribution in [3.63, 3.8) is 0 Å². The number of aryl methyl sites for hydroxylation is 2. The summed E-state index contributed by atoms with van der Waals surface area (Å²) in [7, 11) is 1.83. The van der Waals surface area contributed by atoms with Crippen LogP contribution in [0.3, 0.4) is 0 Å². The highest BCUT2D eigenvalue weighted by molar-refractivity contribution is 5.84. The van der Waals surface area contributed by atoms with Crippen LogP contribution in [0.1, 0.15) is 5.69 Å². The molecule has 0 amide bonds. The molecule has 1 heterocycles. The van der Waals surface area contributed by atoms with E-state index in [0.717, 1.165) is 11.4 Å². The number of nitrogens with zero attached hydrogens (tertiary/aromatic N) is 3. The third kappa shape index (κ3) is 2.36. The minimum absolute atomic E-state index is 0.142. The Kier molecular flexibility index (Phi) is 2.73. The maximum atomic E-state index is 8.29. The average molecular weight is 183 g/mol. The van der Waals surface area contributed by atoms with Crippen LogP contribution in [0.2, 0.25) is 0 Å². The van der Waals surface area contributed by atoms with Crippen molar-refractivity contribution in [3.8, 4) is 0 Å². The third-order valence-electron chi connectivity index (χ3n) is 1.60. The average Bonchev–Trinajstić information content (AvgIpc) is 2.41. The molecule has 0 aliphatic heterocycles. The van der Waals surface area contributed by atoms with Gasteiger partial charge in [0.15, 0.2) is 5.84 Å². The lowest BCUT2D eigenvalue weighted by molar-refractivity contribution is 0.317. The predicted octanol–water partition coefficient (Wildman–Crippen LogP) is -0.113. The van der Waals surface area contributed by atoms with Crippen LogP contribution in [0, 0.1) is 6.92 Å². The van der Waals surface area contributed by atoms with E-state index < -0.39 is 0 Å². The molecule has 0 atom stereocenters. The summed E-state index contributed by atoms with van der Waals surface area (Å²) in [6.07, 6.45) is 1.83. The van der Waals surface area contributed by atoms with Gasteiger partial charge in [0.05, 0.1) is 17.9 Å². The first kappa shape index (κ1) is 9.37. The van der Waals surface area contributed by atoms with Gasteiger partial charge >= 0.3 is 0 Å². The Labute approximate surface area is 76.0 Å². The summed E-state index contributed by atoms with van der Waals surface area (Å²) in [6.45, 7) is 2.19. The van der Waals surface area contributed by atoms with E-state index in [1.807, 2.05) is 20.2 Å². The van der Waals surface area contributed by atoms with Crippen molar-refractivity contribution in [3.05, 3.63) is 11.9 Å². The zero-order valence-electron chi connectivity index (χ0n) is 7.65. The number of oxime groups is 1. The summed E-state index contributed by atoms with van der Waals surface area (Å²) in [5, 5.41) is 18.2. The van der Waals surface area contributed by atoms with Gasteiger partial charge in [0.25, 0.3) is 0 Å². The molecule has 0 radical (unpaired) electrons. The van der Waals surface area contributed by atoms with Gasteiger partial charge < -0.3 is 16.3 Å². The van der Waals surface area contributed by atoms with E-state index >= 15 is 0 Å². The minimum Gasteiger partial charge on any atom is -0.409 e. The number of nitrogens with one attached hydrogen (secondary N) is 1. The second-order valence-electron chi connectivity index (χ2n) is 2.75. The molecular formula is C7H13N5O. The molecule has 13 heavy (non-hydrogen) atoms. The summed E-state index contributed by atoms with van der Waals surface area (Å²) in [5.74, 6) is 0.142. The van der Waals surface area contributed by atoms with Gasteiger partial charge in [-0.1, -0.05) is 5.16 Å². The topological polar surface area (TPSA) is 88.5 Å². The van der Waals surface area contributed by atoms with Gasteiger partial charge in [-0.3, -0.25) is 4.68 Å². The molecular weight excluding hydrogens is 170 g/mol. The minimum atomic E-state index is 0.142. The van der Waals surface area contributed by atoms with Crippen molar-refractivity contribution in [2.24, 2.45) is 17.9 Å². The molecule has 1 rings (SSSR count). The van der Waals surface area contributed by atoms with Crippen LogP contribution < -0.4 is 11.1 Å². The smallest absolute Gasteiger partial charge is 0.158 e. The molecule has 0 unspecified atom stereocenters. The zero-order valence-corrected chi connectivity index (χ0v) is 7.65. The molecule has 1 aromatic rings. The third-order valence-corrected chi connectivity index (χ3v) is 1.60. The molecule has 0 aliphatic carbocycles. The number of aromatic nitrogens is 2. The van der Waals surface area contributed by atoms with E-state index in [-0.39, 0.29) is 5.84 Å². The van der Waals surface area contributed by atoms with Crippen molar-refractivity contribution in [1.82, 2.24) is 9.78 Å². The van der Waals surface area contributed by atoms with Crippen LogP contribution in [0.15, 0.2) is 11.4 Å². The molecule has 0 saturated carbocycles. The molecule has 0 fully saturated rings. The summed E-state index contributed by atoms with van der Waals surface area (Å²) in [6, 6.07) is 0. The number of hydrogen-bond acceptors (Lipinski definition) is 4. The normalized spacial score (nSPS) is 11.7. The van der Waals surface area contributed by atoms with E-state index in [2.05, 4.69) is 15.6 Å². The van der Waals surface area contributed by atoms with E-state index in [9.17, 15) is 0 Å². The largest absolute Gasteiger partial charge is 0.409 e. The fourth-order valence-electron chi connectivity index (χ4n) is 0.994. The summed E-state index contributed by atoms with van der Waals surface area (Å²) in [4.78, 5) is 0. The monoisotopic (exact) mass is 183 g/mol. The summed E-state index contributed by atoms with van der Waals surface area (Å²) in [5.41, 5.74) is 7.05. The quantitative estimate of drug-likeness (QED) is 0.264. The lowest BCUT2D eigenvalue weighted by Gasteiger charge is -2.01. The van der Waals surface area contributed by atoms with Gasteiger partial charge in [0.1, 0.15) is 0 Å². The molecule has 6 nitrogen and oxygen atoms in total. The van der Waals surface area contributed by atoms with Gasteiger partial charge in [-0.2, -0.15) is 5.10 Å². The van der Waals surface area contributed by atoms with E-state index in [0.29, 0.717) is 6.54 Å². The standard InChI is InChI=1S/C7H13N5O/c1-5-6(4-12(2)10-5)9-3-7(8)11-13/h4,9,13H,3H2,1-2H3,(H2,8,11). The maximum Gasteiger partial charge on any atom is 0.158 e. The zero-order chi connectivity index (χ0) is 9.84. The number of nitrogens with two attached hydrogens (primary N) is 1. The number of amidine groups is 1. The van der Waals surface area contributed by atoms with Crippen LogP contribution in [0.25, 0.3) is 0 Å². The highest BCUT2D eigenvalue weighted by Gasteiger charge is 2.02. The first-order chi connectivity index (χ1) is 6.13. The highest BCUT2D eigenvalue weighted by atomic mass is 16.4. The first-order valence-corrected chi connectivity index (χ1v) is 3.84. The molecule has 72 valence electrons. The highest BCUT2D eigenvalue weighted by Crippen LogP contribution is 2.10. The van der Waals surface area contributed by atoms with Gasteiger partial charge in [-0.25, -0.2) is 0 Å². The first-order valence-electron chi connectivity index (χ1n) is 3.84. The van der Waals surface area contributed by atoms with E-state index in [1.165, 1.54) is 0 Å². The molecule has 0 bridgehead atoms. The Balaban J connectivity index is 2.59. The fourth-order valence-corrected chi connectivity index (χ4v) is 0.994. The summed E-state index contributed by atoms with van der Waals surface area (Å²) < 4.78 is 1.70. The predicted molar refractivity (Wildman–Crippen MR) is 49.8 cm³/mol. The van der Waals surface area contributed by atoms with Crippen molar-refractivity contribution in [1.29, 1.82) is 0 Å². The number of anilines is 1. The fraction of sp³-hybridized carbons (Fsp3) is 0.429. The molecule has 4 N–H and O–H groups in total. The SMILES string of the molecule is Cc1nn(C)cc1NC/C(N)=N/O. The molecule has 0 saturated heterocycles. The van der Waals surface area contributed by atoms with E-state index in [1.54, 1.807) is 4.68 Å². The van der Waals surface area contributed by atoms with Crippen molar-refractivity contribution in [2.75, 3.05) is 11.9 Å². The Bertz CT molecular complexity index is 317. The lowest BCUT2D eigenvalue weighted by Crippen LogP contribution is -2.22. The Hall–Kier alpha value is -1.72. The van der Waals surface area contributed by atoms with Crippen molar-refractivity contribution in [2.45, 2.75) is 6.92 Å². The van der Waals surface area contributed by atoms with Gasteiger partial charge in [-0.15, -0.1) is 0 Å². The van der Waals surface area contributed by atoms with E-state index in [4.69, 9.17) is 10.9 Å². The van der Waals surface area contributed by atoms with Gasteiger partial charge in [0, 0.05) is 13.2 Å². The molecule has 1 aromatic heterocycles. The Morgan fingerprint density at radius 1 is 1.85 bits per heavy atom. The molecule has 0 aliphatic rings. The second kappa shape index (κ2) is 3.79. The van der Waals surface area contributed by atoms with Crippen LogP contribution >= 0.6 is 0 Å².